The fraction of sp³-hybridized carbons (Fsp3) is 0.727. The topological polar surface area (TPSA) is 63.7 Å². The van der Waals surface area contributed by atoms with E-state index in [0.717, 1.165) is 6.42 Å². The number of amides is 1. The molecule has 0 aromatic heterocycles. The molecular formula is C11H17NO4. The van der Waals surface area contributed by atoms with Crippen molar-refractivity contribution in [2.24, 2.45) is 0 Å². The van der Waals surface area contributed by atoms with Gasteiger partial charge in [-0.1, -0.05) is 6.92 Å². The molecule has 0 bridgehead atoms. The summed E-state index contributed by atoms with van der Waals surface area (Å²) in [5.41, 5.74) is 0. The first kappa shape index (κ1) is 12.7. The first-order chi connectivity index (χ1) is 7.56. The van der Waals surface area contributed by atoms with Crippen LogP contribution in [-0.2, 0) is 19.1 Å². The van der Waals surface area contributed by atoms with Crippen molar-refractivity contribution >= 4 is 17.7 Å². The number of carbonyl (C=O) groups excluding carboxylic acids is 3. The lowest BCUT2D eigenvalue weighted by atomic mass is 10.1. The third-order valence-electron chi connectivity index (χ3n) is 2.65. The predicted molar refractivity (Wildman–Crippen MR) is 56.7 cm³/mol. The van der Waals surface area contributed by atoms with Crippen molar-refractivity contribution < 1.29 is 19.1 Å². The minimum Gasteiger partial charge on any atom is -0.464 e. The van der Waals surface area contributed by atoms with Crippen molar-refractivity contribution in [1.29, 1.82) is 0 Å². The smallest absolute Gasteiger partial charge is 0.328 e. The van der Waals surface area contributed by atoms with Crippen molar-refractivity contribution in [3.05, 3.63) is 0 Å². The molecule has 1 unspecified atom stereocenters. The van der Waals surface area contributed by atoms with Gasteiger partial charge < -0.3 is 9.64 Å². The van der Waals surface area contributed by atoms with Gasteiger partial charge in [0.2, 0.25) is 5.91 Å². The van der Waals surface area contributed by atoms with Crippen molar-refractivity contribution in [3.63, 3.8) is 0 Å². The average Bonchev–Trinajstić information content (AvgIpc) is 2.63. The minimum absolute atomic E-state index is 0.0780. The summed E-state index contributed by atoms with van der Waals surface area (Å²) in [4.78, 5) is 35.5. The summed E-state index contributed by atoms with van der Waals surface area (Å²) in [6, 6.07) is -0.512. The Bertz CT molecular complexity index is 300. The molecule has 0 aromatic rings. The maximum absolute atomic E-state index is 11.7. The summed E-state index contributed by atoms with van der Waals surface area (Å²) < 4.78 is 4.77. The van der Waals surface area contributed by atoms with Crippen LogP contribution in [0.2, 0.25) is 0 Å². The van der Waals surface area contributed by atoms with Crippen LogP contribution in [-0.4, -0.2) is 42.3 Å². The van der Waals surface area contributed by atoms with Crippen LogP contribution >= 0.6 is 0 Å². The fourth-order valence-electron chi connectivity index (χ4n) is 1.67. The molecule has 16 heavy (non-hydrogen) atoms. The van der Waals surface area contributed by atoms with Gasteiger partial charge in [0.15, 0.2) is 0 Å². The zero-order valence-corrected chi connectivity index (χ0v) is 9.69. The molecule has 0 radical (unpaired) electrons. The van der Waals surface area contributed by atoms with Crippen LogP contribution in [0.1, 0.15) is 32.6 Å². The van der Waals surface area contributed by atoms with E-state index in [1.165, 1.54) is 4.90 Å². The Labute approximate surface area is 94.7 Å². The highest BCUT2D eigenvalue weighted by atomic mass is 16.5. The van der Waals surface area contributed by atoms with Gasteiger partial charge in [-0.15, -0.1) is 0 Å². The van der Waals surface area contributed by atoms with Gasteiger partial charge in [-0.05, 0) is 6.42 Å². The van der Waals surface area contributed by atoms with Gasteiger partial charge in [0, 0.05) is 19.9 Å². The van der Waals surface area contributed by atoms with Gasteiger partial charge in [0.1, 0.15) is 11.8 Å². The molecule has 1 heterocycles. The van der Waals surface area contributed by atoms with Crippen molar-refractivity contribution in [1.82, 2.24) is 4.90 Å². The Balaban J connectivity index is 2.47. The largest absolute Gasteiger partial charge is 0.464 e. The second-order valence-corrected chi connectivity index (χ2v) is 3.94. The maximum atomic E-state index is 11.7. The van der Waals surface area contributed by atoms with Crippen LogP contribution in [0, 0.1) is 0 Å². The van der Waals surface area contributed by atoms with Crippen LogP contribution in [0.3, 0.4) is 0 Å². The van der Waals surface area contributed by atoms with Gasteiger partial charge in [-0.25, -0.2) is 4.79 Å². The lowest BCUT2D eigenvalue weighted by molar-refractivity contribution is -0.148. The summed E-state index contributed by atoms with van der Waals surface area (Å²) in [5.74, 6) is -0.758. The van der Waals surface area contributed by atoms with E-state index in [1.54, 1.807) is 7.05 Å². The van der Waals surface area contributed by atoms with Gasteiger partial charge in [-0.3, -0.25) is 9.59 Å². The van der Waals surface area contributed by atoms with Gasteiger partial charge >= 0.3 is 5.97 Å². The van der Waals surface area contributed by atoms with Crippen LogP contribution in [0.15, 0.2) is 0 Å². The van der Waals surface area contributed by atoms with Crippen molar-refractivity contribution in [3.8, 4) is 0 Å². The third kappa shape index (κ3) is 3.05. The molecular weight excluding hydrogens is 210 g/mol. The molecule has 0 aliphatic carbocycles. The summed E-state index contributed by atoms with van der Waals surface area (Å²) in [7, 11) is 1.54. The SMILES string of the molecule is CCCC(=O)CC(=O)N(C)C1CCOC1=O. The molecule has 1 amide bonds. The lowest BCUT2D eigenvalue weighted by Crippen LogP contribution is -2.40. The molecule has 0 saturated carbocycles. The molecule has 5 nitrogen and oxygen atoms in total. The highest BCUT2D eigenvalue weighted by molar-refractivity contribution is 5.99. The van der Waals surface area contributed by atoms with E-state index in [2.05, 4.69) is 0 Å². The van der Waals surface area contributed by atoms with Gasteiger partial charge in [-0.2, -0.15) is 0 Å². The van der Waals surface area contributed by atoms with Gasteiger partial charge in [0.25, 0.3) is 0 Å². The number of hydrogen-bond acceptors (Lipinski definition) is 4. The minimum atomic E-state index is -0.512. The van der Waals surface area contributed by atoms with Crippen LogP contribution in [0.4, 0.5) is 0 Å². The number of hydrogen-bond donors (Lipinski definition) is 0. The number of nitrogens with zero attached hydrogens (tertiary/aromatic N) is 1. The molecule has 5 heteroatoms. The number of rotatable bonds is 5. The highest BCUT2D eigenvalue weighted by Crippen LogP contribution is 2.13. The van der Waals surface area contributed by atoms with Crippen molar-refractivity contribution in [2.75, 3.05) is 13.7 Å². The Hall–Kier alpha value is -1.39. The Morgan fingerprint density at radius 2 is 2.19 bits per heavy atom. The molecule has 1 atom stereocenters. The summed E-state index contributed by atoms with van der Waals surface area (Å²) >= 11 is 0. The molecule has 0 N–H and O–H groups in total. The number of Topliss-reactive ketones (excluding diaryl/α,β-unsaturated/α-hetero) is 1. The van der Waals surface area contributed by atoms with E-state index in [4.69, 9.17) is 4.74 Å². The second kappa shape index (κ2) is 5.63. The molecule has 1 aliphatic heterocycles. The van der Waals surface area contributed by atoms with E-state index in [9.17, 15) is 14.4 Å². The number of cyclic esters (lactones) is 1. The normalized spacial score (nSPS) is 19.4. The van der Waals surface area contributed by atoms with E-state index >= 15 is 0 Å². The fourth-order valence-corrected chi connectivity index (χ4v) is 1.67. The summed E-state index contributed by atoms with van der Waals surface area (Å²) in [6.45, 7) is 2.24. The Morgan fingerprint density at radius 1 is 1.50 bits per heavy atom. The summed E-state index contributed by atoms with van der Waals surface area (Å²) in [6.07, 6.45) is 1.55. The standard InChI is InChI=1S/C11H17NO4/c1-3-4-8(13)7-10(14)12(2)9-5-6-16-11(9)15/h9H,3-7H2,1-2H3. The Morgan fingerprint density at radius 3 is 2.69 bits per heavy atom. The second-order valence-electron chi connectivity index (χ2n) is 3.94. The number of ether oxygens (including phenoxy) is 1. The highest BCUT2D eigenvalue weighted by Gasteiger charge is 2.33. The van der Waals surface area contributed by atoms with E-state index in [1.807, 2.05) is 6.92 Å². The molecule has 1 rings (SSSR count). The molecule has 90 valence electrons. The van der Waals surface area contributed by atoms with Crippen molar-refractivity contribution in [2.45, 2.75) is 38.6 Å². The van der Waals surface area contributed by atoms with E-state index < -0.39 is 6.04 Å². The summed E-state index contributed by atoms with van der Waals surface area (Å²) in [5, 5.41) is 0. The molecule has 0 spiro atoms. The predicted octanol–water partition coefficient (Wildman–Crippen LogP) is 0.520. The van der Waals surface area contributed by atoms with Gasteiger partial charge in [0.05, 0.1) is 13.0 Å². The van der Waals surface area contributed by atoms with E-state index in [-0.39, 0.29) is 24.1 Å². The first-order valence-corrected chi connectivity index (χ1v) is 5.50. The number of esters is 1. The Kier molecular flexibility index (Phi) is 4.46. The molecule has 1 saturated heterocycles. The number of ketones is 1. The van der Waals surface area contributed by atoms with Crippen LogP contribution in [0.5, 0.6) is 0 Å². The molecule has 1 aliphatic rings. The first-order valence-electron chi connectivity index (χ1n) is 5.50. The molecule has 1 fully saturated rings. The zero-order chi connectivity index (χ0) is 12.1. The quantitative estimate of drug-likeness (QED) is 0.507. The number of likely N-dealkylation sites (N-methyl/N-ethyl adjacent to an activating group) is 1. The zero-order valence-electron chi connectivity index (χ0n) is 9.69. The molecule has 0 aromatic carbocycles. The average molecular weight is 227 g/mol. The lowest BCUT2D eigenvalue weighted by Gasteiger charge is -2.20. The van der Waals surface area contributed by atoms with E-state index in [0.29, 0.717) is 19.4 Å². The third-order valence-corrected chi connectivity index (χ3v) is 2.65. The maximum Gasteiger partial charge on any atom is 0.328 e. The number of carbonyl (C=O) groups is 3. The van der Waals surface area contributed by atoms with Crippen LogP contribution in [0.25, 0.3) is 0 Å². The monoisotopic (exact) mass is 227 g/mol. The van der Waals surface area contributed by atoms with Crippen LogP contribution < -0.4 is 0 Å².